The van der Waals surface area contributed by atoms with Crippen LogP contribution in [0.1, 0.15) is 70.6 Å². The molecule has 7 heteroatoms. The molecule has 2 fully saturated rings. The van der Waals surface area contributed by atoms with Crippen LogP contribution in [0.5, 0.6) is 0 Å². The highest BCUT2D eigenvalue weighted by Crippen LogP contribution is 2.28. The number of guanidine groups is 1. The van der Waals surface area contributed by atoms with Gasteiger partial charge in [-0.15, -0.1) is 24.0 Å². The van der Waals surface area contributed by atoms with Crippen molar-refractivity contribution < 1.29 is 4.79 Å². The number of carbonyl (C=O) groups is 1. The van der Waals surface area contributed by atoms with Crippen LogP contribution in [0.4, 0.5) is 0 Å². The third-order valence-electron chi connectivity index (χ3n) is 6.21. The summed E-state index contributed by atoms with van der Waals surface area (Å²) >= 11 is 0. The van der Waals surface area contributed by atoms with Crippen molar-refractivity contribution in [3.8, 4) is 0 Å². The van der Waals surface area contributed by atoms with Gasteiger partial charge in [-0.2, -0.15) is 0 Å². The summed E-state index contributed by atoms with van der Waals surface area (Å²) in [7, 11) is 1.84. The quantitative estimate of drug-likeness (QED) is 0.174. The number of nitrogens with zero attached hydrogens (tertiary/aromatic N) is 2. The molecule has 0 bridgehead atoms. The van der Waals surface area contributed by atoms with E-state index in [1.165, 1.54) is 51.4 Å². The van der Waals surface area contributed by atoms with Crippen molar-refractivity contribution in [3.05, 3.63) is 0 Å². The van der Waals surface area contributed by atoms with Crippen molar-refractivity contribution in [1.29, 1.82) is 0 Å². The van der Waals surface area contributed by atoms with Crippen molar-refractivity contribution in [2.24, 2.45) is 22.6 Å². The molecular formula is C21H42IN5O. The molecule has 164 valence electrons. The number of nitrogens with two attached hydrogens (primary N) is 1. The Morgan fingerprint density at radius 3 is 2.18 bits per heavy atom. The van der Waals surface area contributed by atoms with Crippen molar-refractivity contribution in [3.63, 3.8) is 0 Å². The Balaban J connectivity index is 0.00000392. The van der Waals surface area contributed by atoms with E-state index in [9.17, 15) is 4.79 Å². The van der Waals surface area contributed by atoms with Crippen LogP contribution >= 0.6 is 24.0 Å². The summed E-state index contributed by atoms with van der Waals surface area (Å²) in [5.41, 5.74) is 5.39. The number of piperidine rings is 1. The van der Waals surface area contributed by atoms with E-state index in [2.05, 4.69) is 20.5 Å². The van der Waals surface area contributed by atoms with E-state index in [1.807, 2.05) is 7.05 Å². The molecule has 1 saturated heterocycles. The van der Waals surface area contributed by atoms with Gasteiger partial charge in [0, 0.05) is 26.1 Å². The van der Waals surface area contributed by atoms with E-state index >= 15 is 0 Å². The zero-order valence-electron chi connectivity index (χ0n) is 17.8. The van der Waals surface area contributed by atoms with Crippen LogP contribution in [-0.4, -0.2) is 56.5 Å². The first-order valence-electron chi connectivity index (χ1n) is 11.1. The van der Waals surface area contributed by atoms with Gasteiger partial charge < -0.3 is 21.3 Å². The Kier molecular flexibility index (Phi) is 13.9. The van der Waals surface area contributed by atoms with E-state index in [-0.39, 0.29) is 35.8 Å². The second-order valence-electron chi connectivity index (χ2n) is 8.30. The topological polar surface area (TPSA) is 82.8 Å². The maximum absolute atomic E-state index is 11.2. The Morgan fingerprint density at radius 2 is 1.61 bits per heavy atom. The molecule has 1 aliphatic heterocycles. The van der Waals surface area contributed by atoms with Crippen LogP contribution in [0.25, 0.3) is 0 Å². The monoisotopic (exact) mass is 507 g/mol. The van der Waals surface area contributed by atoms with Crippen LogP contribution in [0.3, 0.4) is 0 Å². The molecule has 2 aliphatic rings. The molecule has 1 aliphatic carbocycles. The second-order valence-corrected chi connectivity index (χ2v) is 8.30. The van der Waals surface area contributed by atoms with E-state index in [4.69, 9.17) is 5.73 Å². The lowest BCUT2D eigenvalue weighted by Gasteiger charge is -2.30. The molecule has 0 spiro atoms. The minimum absolute atomic E-state index is 0. The molecule has 0 aromatic rings. The Morgan fingerprint density at radius 1 is 1.00 bits per heavy atom. The van der Waals surface area contributed by atoms with Gasteiger partial charge in [0.05, 0.1) is 0 Å². The number of unbranched alkanes of at least 4 members (excludes halogenated alkanes) is 2. The van der Waals surface area contributed by atoms with Gasteiger partial charge in [0.1, 0.15) is 0 Å². The molecule has 2 rings (SSSR count). The molecular weight excluding hydrogens is 465 g/mol. The highest BCUT2D eigenvalue weighted by Gasteiger charge is 2.22. The molecule has 28 heavy (non-hydrogen) atoms. The molecule has 0 radical (unpaired) electrons. The summed E-state index contributed by atoms with van der Waals surface area (Å²) in [4.78, 5) is 18.0. The number of hydrogen-bond acceptors (Lipinski definition) is 3. The largest absolute Gasteiger partial charge is 0.369 e. The van der Waals surface area contributed by atoms with Crippen molar-refractivity contribution in [2.75, 3.05) is 39.8 Å². The minimum atomic E-state index is -0.128. The molecule has 4 N–H and O–H groups in total. The zero-order valence-corrected chi connectivity index (χ0v) is 20.1. The summed E-state index contributed by atoms with van der Waals surface area (Å²) in [6.45, 7) is 5.09. The third-order valence-corrected chi connectivity index (χ3v) is 6.21. The summed E-state index contributed by atoms with van der Waals surface area (Å²) < 4.78 is 0. The fraction of sp³-hybridized carbons (Fsp3) is 0.905. The predicted molar refractivity (Wildman–Crippen MR) is 128 cm³/mol. The van der Waals surface area contributed by atoms with Gasteiger partial charge in [0.25, 0.3) is 0 Å². The fourth-order valence-corrected chi connectivity index (χ4v) is 4.39. The SMILES string of the molecule is CN=C(NCCCCC1CCCC1)NCCCCN1CCC(C(N)=O)CC1.I. The molecule has 1 amide bonds. The van der Waals surface area contributed by atoms with Crippen LogP contribution < -0.4 is 16.4 Å². The van der Waals surface area contributed by atoms with Gasteiger partial charge >= 0.3 is 0 Å². The van der Waals surface area contributed by atoms with E-state index in [0.717, 1.165) is 63.9 Å². The summed E-state index contributed by atoms with van der Waals surface area (Å²) in [6, 6.07) is 0. The van der Waals surface area contributed by atoms with Crippen LogP contribution in [-0.2, 0) is 4.79 Å². The molecule has 0 unspecified atom stereocenters. The highest BCUT2D eigenvalue weighted by atomic mass is 127. The van der Waals surface area contributed by atoms with Crippen molar-refractivity contribution >= 4 is 35.8 Å². The van der Waals surface area contributed by atoms with Crippen LogP contribution in [0.15, 0.2) is 4.99 Å². The fourth-order valence-electron chi connectivity index (χ4n) is 4.39. The number of aliphatic imine (C=N–C) groups is 1. The molecule has 0 aromatic carbocycles. The van der Waals surface area contributed by atoms with Gasteiger partial charge in [-0.05, 0) is 57.7 Å². The van der Waals surface area contributed by atoms with Gasteiger partial charge in [-0.25, -0.2) is 0 Å². The lowest BCUT2D eigenvalue weighted by molar-refractivity contribution is -0.123. The number of halogens is 1. The van der Waals surface area contributed by atoms with Gasteiger partial charge in [0.15, 0.2) is 5.96 Å². The summed E-state index contributed by atoms with van der Waals surface area (Å²) in [5, 5.41) is 6.86. The van der Waals surface area contributed by atoms with Crippen molar-refractivity contribution in [2.45, 2.75) is 70.6 Å². The molecule has 0 atom stereocenters. The number of primary amides is 1. The number of rotatable bonds is 11. The van der Waals surface area contributed by atoms with Gasteiger partial charge in [-0.3, -0.25) is 9.79 Å². The Hall–Kier alpha value is -0.570. The van der Waals surface area contributed by atoms with Crippen LogP contribution in [0, 0.1) is 11.8 Å². The average Bonchev–Trinajstić information content (AvgIpc) is 3.19. The first-order valence-corrected chi connectivity index (χ1v) is 11.1. The molecule has 1 heterocycles. The molecule has 1 saturated carbocycles. The first kappa shape index (κ1) is 25.5. The Labute approximate surface area is 188 Å². The number of nitrogens with one attached hydrogen (secondary N) is 2. The average molecular weight is 508 g/mol. The molecule has 0 aromatic heterocycles. The minimum Gasteiger partial charge on any atom is -0.369 e. The first-order chi connectivity index (χ1) is 13.2. The number of amides is 1. The summed E-state index contributed by atoms with van der Waals surface area (Å²) in [5.74, 6) is 1.90. The normalized spacial score (nSPS) is 19.4. The molecule has 6 nitrogen and oxygen atoms in total. The Bertz CT molecular complexity index is 446. The zero-order chi connectivity index (χ0) is 19.3. The van der Waals surface area contributed by atoms with Gasteiger partial charge in [-0.1, -0.05) is 38.5 Å². The lowest BCUT2D eigenvalue weighted by atomic mass is 9.96. The standard InChI is InChI=1S/C21H41N5O.HI/c1-23-21(24-13-5-4-10-18-8-2-3-9-18)25-14-6-7-15-26-16-11-19(12-17-26)20(22)27;/h18-19H,2-17H2,1H3,(H2,22,27)(H2,23,24,25);1H. The van der Waals surface area contributed by atoms with Crippen molar-refractivity contribution in [1.82, 2.24) is 15.5 Å². The summed E-state index contributed by atoms with van der Waals surface area (Å²) in [6.07, 6.45) is 13.9. The predicted octanol–water partition coefficient (Wildman–Crippen LogP) is 3.11. The van der Waals surface area contributed by atoms with Gasteiger partial charge in [0.2, 0.25) is 5.91 Å². The highest BCUT2D eigenvalue weighted by molar-refractivity contribution is 14.0. The number of carbonyl (C=O) groups excluding carboxylic acids is 1. The second kappa shape index (κ2) is 15.3. The smallest absolute Gasteiger partial charge is 0.220 e. The lowest BCUT2D eigenvalue weighted by Crippen LogP contribution is -2.40. The van der Waals surface area contributed by atoms with Crippen LogP contribution in [0.2, 0.25) is 0 Å². The maximum atomic E-state index is 11.2. The van der Waals surface area contributed by atoms with E-state index in [1.54, 1.807) is 0 Å². The number of hydrogen-bond donors (Lipinski definition) is 3. The maximum Gasteiger partial charge on any atom is 0.220 e. The number of likely N-dealkylation sites (tertiary alicyclic amines) is 1. The van der Waals surface area contributed by atoms with E-state index in [0.29, 0.717) is 0 Å². The third kappa shape index (κ3) is 10.3. The van der Waals surface area contributed by atoms with E-state index < -0.39 is 0 Å².